The summed E-state index contributed by atoms with van der Waals surface area (Å²) in [4.78, 5) is 30.4. The first-order chi connectivity index (χ1) is 13.5. The molecule has 7 heteroatoms. The molecule has 0 saturated heterocycles. The molecule has 3 rings (SSSR count). The number of benzene rings is 1. The number of likely N-dealkylation sites (N-methyl/N-ethyl adjacent to an activating group) is 1. The van der Waals surface area contributed by atoms with Crippen LogP contribution in [-0.4, -0.2) is 51.1 Å². The Morgan fingerprint density at radius 1 is 1.14 bits per heavy atom. The molecule has 0 fully saturated rings. The maximum atomic E-state index is 12.1. The summed E-state index contributed by atoms with van der Waals surface area (Å²) in [5, 5.41) is 5.64. The normalized spacial score (nSPS) is 11.1. The van der Waals surface area contributed by atoms with Gasteiger partial charge in [0.05, 0.1) is 5.52 Å². The molecule has 1 aromatic carbocycles. The van der Waals surface area contributed by atoms with Crippen molar-refractivity contribution < 1.29 is 14.3 Å². The zero-order valence-corrected chi connectivity index (χ0v) is 16.9. The molecule has 0 saturated carbocycles. The predicted octanol–water partition coefficient (Wildman–Crippen LogP) is 2.84. The maximum absolute atomic E-state index is 12.1. The van der Waals surface area contributed by atoms with E-state index in [1.54, 1.807) is 4.90 Å². The van der Waals surface area contributed by atoms with E-state index < -0.39 is 0 Å². The summed E-state index contributed by atoms with van der Waals surface area (Å²) in [5.74, 6) is -0.554. The van der Waals surface area contributed by atoms with Gasteiger partial charge in [0.25, 0.3) is 5.91 Å². The molecule has 1 amide bonds. The molecule has 2 aromatic heterocycles. The molecule has 0 atom stereocenters. The van der Waals surface area contributed by atoms with Gasteiger partial charge in [0.1, 0.15) is 0 Å². The molecule has 148 valence electrons. The van der Waals surface area contributed by atoms with Crippen LogP contribution in [-0.2, 0) is 20.7 Å². The highest BCUT2D eigenvalue weighted by molar-refractivity contribution is 5.92. The molecule has 0 aliphatic rings. The molecule has 0 aliphatic heterocycles. The van der Waals surface area contributed by atoms with Crippen LogP contribution < -0.4 is 0 Å². The van der Waals surface area contributed by atoms with Crippen molar-refractivity contribution in [2.45, 2.75) is 40.5 Å². The average molecular weight is 382 g/mol. The fraction of sp³-hybridized carbons (Fsp3) is 0.429. The standard InChI is InChI=1S/C21H26N4O3/c1-5-24(6-2)19(26)13-28-20(27)12-11-16-14(3)22-21-17-9-7-8-10-18(17)23-25(21)15(16)4/h7-10H,5-6,11-13H2,1-4H3. The van der Waals surface area contributed by atoms with E-state index in [1.165, 1.54) is 0 Å². The number of carbonyl (C=O) groups is 2. The van der Waals surface area contributed by atoms with Crippen molar-refractivity contribution in [2.75, 3.05) is 19.7 Å². The van der Waals surface area contributed by atoms with Gasteiger partial charge in [-0.2, -0.15) is 5.10 Å². The predicted molar refractivity (Wildman–Crippen MR) is 107 cm³/mol. The van der Waals surface area contributed by atoms with Gasteiger partial charge < -0.3 is 9.64 Å². The van der Waals surface area contributed by atoms with E-state index in [0.29, 0.717) is 19.5 Å². The highest BCUT2D eigenvalue weighted by atomic mass is 16.5. The number of esters is 1. The van der Waals surface area contributed by atoms with E-state index in [9.17, 15) is 9.59 Å². The quantitative estimate of drug-likeness (QED) is 0.587. The highest BCUT2D eigenvalue weighted by Gasteiger charge is 2.16. The minimum Gasteiger partial charge on any atom is -0.456 e. The van der Waals surface area contributed by atoms with E-state index in [2.05, 4.69) is 5.10 Å². The Labute approximate surface area is 164 Å². The minimum atomic E-state index is -0.384. The van der Waals surface area contributed by atoms with E-state index in [0.717, 1.165) is 33.5 Å². The Hall–Kier alpha value is -2.96. The lowest BCUT2D eigenvalue weighted by molar-refractivity contribution is -0.151. The molecule has 0 radical (unpaired) electrons. The molecule has 0 unspecified atom stereocenters. The summed E-state index contributed by atoms with van der Waals surface area (Å²) >= 11 is 0. The lowest BCUT2D eigenvalue weighted by atomic mass is 10.1. The molecule has 0 aliphatic carbocycles. The van der Waals surface area contributed by atoms with Crippen LogP contribution in [0.3, 0.4) is 0 Å². The molecular formula is C21H26N4O3. The lowest BCUT2D eigenvalue weighted by Crippen LogP contribution is -2.34. The van der Waals surface area contributed by atoms with Gasteiger partial charge in [-0.1, -0.05) is 12.1 Å². The Morgan fingerprint density at radius 3 is 2.57 bits per heavy atom. The summed E-state index contributed by atoms with van der Waals surface area (Å²) in [6, 6.07) is 7.89. The zero-order valence-electron chi connectivity index (χ0n) is 16.9. The molecule has 0 bridgehead atoms. The zero-order chi connectivity index (χ0) is 20.3. The largest absolute Gasteiger partial charge is 0.456 e. The number of nitrogens with zero attached hydrogens (tertiary/aromatic N) is 4. The average Bonchev–Trinajstić information content (AvgIpc) is 3.06. The van der Waals surface area contributed by atoms with Gasteiger partial charge in [-0.25, -0.2) is 9.50 Å². The van der Waals surface area contributed by atoms with Crippen LogP contribution in [0.2, 0.25) is 0 Å². The van der Waals surface area contributed by atoms with Gasteiger partial charge in [0, 0.05) is 36.3 Å². The number of carbonyl (C=O) groups excluding carboxylic acids is 2. The summed E-state index contributed by atoms with van der Waals surface area (Å²) in [5.41, 5.74) is 4.53. The second-order valence-electron chi connectivity index (χ2n) is 6.74. The van der Waals surface area contributed by atoms with Crippen LogP contribution in [0.25, 0.3) is 16.6 Å². The van der Waals surface area contributed by atoms with Crippen molar-refractivity contribution in [3.63, 3.8) is 0 Å². The number of fused-ring (bicyclic) bond motifs is 3. The first-order valence-corrected chi connectivity index (χ1v) is 9.63. The van der Waals surface area contributed by atoms with E-state index in [-0.39, 0.29) is 24.9 Å². The molecule has 0 N–H and O–H groups in total. The third-order valence-corrected chi connectivity index (χ3v) is 5.07. The van der Waals surface area contributed by atoms with Gasteiger partial charge in [-0.05, 0) is 51.8 Å². The van der Waals surface area contributed by atoms with E-state index >= 15 is 0 Å². The number of aryl methyl sites for hydroxylation is 2. The maximum Gasteiger partial charge on any atom is 0.306 e. The number of hydrogen-bond donors (Lipinski definition) is 0. The topological polar surface area (TPSA) is 76.8 Å². The fourth-order valence-corrected chi connectivity index (χ4v) is 3.45. The van der Waals surface area contributed by atoms with Crippen LogP contribution >= 0.6 is 0 Å². The Bertz CT molecular complexity index is 1020. The molecular weight excluding hydrogens is 356 g/mol. The Balaban J connectivity index is 1.71. The number of rotatable bonds is 7. The molecule has 3 aromatic rings. The van der Waals surface area contributed by atoms with Crippen molar-refractivity contribution in [2.24, 2.45) is 0 Å². The third kappa shape index (κ3) is 3.83. The Kier molecular flexibility index (Phi) is 5.92. The van der Waals surface area contributed by atoms with Gasteiger partial charge in [-0.3, -0.25) is 9.59 Å². The lowest BCUT2D eigenvalue weighted by Gasteiger charge is -2.18. The molecule has 7 nitrogen and oxygen atoms in total. The van der Waals surface area contributed by atoms with E-state index in [4.69, 9.17) is 9.72 Å². The molecule has 0 spiro atoms. The van der Waals surface area contributed by atoms with Gasteiger partial charge in [0.2, 0.25) is 0 Å². The number of aromatic nitrogens is 3. The van der Waals surface area contributed by atoms with Crippen molar-refractivity contribution in [1.29, 1.82) is 0 Å². The monoisotopic (exact) mass is 382 g/mol. The summed E-state index contributed by atoms with van der Waals surface area (Å²) < 4.78 is 6.99. The first-order valence-electron chi connectivity index (χ1n) is 9.63. The van der Waals surface area contributed by atoms with Crippen LogP contribution in [0.4, 0.5) is 0 Å². The second kappa shape index (κ2) is 8.37. The van der Waals surface area contributed by atoms with Gasteiger partial charge in [-0.15, -0.1) is 0 Å². The first kappa shape index (κ1) is 19.8. The van der Waals surface area contributed by atoms with Gasteiger partial charge in [0.15, 0.2) is 12.3 Å². The number of ether oxygens (including phenoxy) is 1. The van der Waals surface area contributed by atoms with Crippen molar-refractivity contribution in [3.05, 3.63) is 41.2 Å². The van der Waals surface area contributed by atoms with Crippen molar-refractivity contribution in [1.82, 2.24) is 19.5 Å². The third-order valence-electron chi connectivity index (χ3n) is 5.07. The van der Waals surface area contributed by atoms with Crippen LogP contribution in [0.1, 0.15) is 37.2 Å². The highest BCUT2D eigenvalue weighted by Crippen LogP contribution is 2.22. The van der Waals surface area contributed by atoms with Crippen LogP contribution in [0, 0.1) is 13.8 Å². The number of hydrogen-bond acceptors (Lipinski definition) is 5. The van der Waals surface area contributed by atoms with Crippen LogP contribution in [0.15, 0.2) is 24.3 Å². The minimum absolute atomic E-state index is 0.169. The van der Waals surface area contributed by atoms with Crippen LogP contribution in [0.5, 0.6) is 0 Å². The van der Waals surface area contributed by atoms with E-state index in [1.807, 2.05) is 56.5 Å². The summed E-state index contributed by atoms with van der Waals surface area (Å²) in [6.07, 6.45) is 0.691. The van der Waals surface area contributed by atoms with Crippen molar-refractivity contribution >= 4 is 28.4 Å². The second-order valence-corrected chi connectivity index (χ2v) is 6.74. The summed E-state index contributed by atoms with van der Waals surface area (Å²) in [6.45, 7) is 8.73. The molecule has 28 heavy (non-hydrogen) atoms. The smallest absolute Gasteiger partial charge is 0.306 e. The SMILES string of the molecule is CCN(CC)C(=O)COC(=O)CCc1c(C)nc2c3ccccc3nn2c1C. The van der Waals surface area contributed by atoms with Crippen molar-refractivity contribution in [3.8, 4) is 0 Å². The molecule has 2 heterocycles. The summed E-state index contributed by atoms with van der Waals surface area (Å²) in [7, 11) is 0. The van der Waals surface area contributed by atoms with Gasteiger partial charge >= 0.3 is 5.97 Å². The number of amides is 1. The Morgan fingerprint density at radius 2 is 1.86 bits per heavy atom. The fourth-order valence-electron chi connectivity index (χ4n) is 3.45.